The fourth-order valence-electron chi connectivity index (χ4n) is 2.34. The summed E-state index contributed by atoms with van der Waals surface area (Å²) < 4.78 is 10.6. The van der Waals surface area contributed by atoms with E-state index in [4.69, 9.17) is 14.7 Å². The molecule has 0 unspecified atom stereocenters. The number of hydrogen-bond donors (Lipinski definition) is 0. The normalized spacial score (nSPS) is 10.2. The minimum atomic E-state index is -0.505. The van der Waals surface area contributed by atoms with Crippen molar-refractivity contribution in [2.45, 2.75) is 26.7 Å². The molecule has 4 nitrogen and oxygen atoms in total. The molecule has 0 radical (unpaired) electrons. The third-order valence-electron chi connectivity index (χ3n) is 3.45. The number of ether oxygens (including phenoxy) is 2. The summed E-state index contributed by atoms with van der Waals surface area (Å²) in [6.45, 7) is 5.99. The molecule has 0 aliphatic carbocycles. The van der Waals surface area contributed by atoms with Gasteiger partial charge in [-0.05, 0) is 48.2 Å². The molecule has 0 spiro atoms. The number of para-hydroxylation sites is 1. The molecule has 0 aliphatic heterocycles. The topological polar surface area (TPSA) is 59.3 Å². The smallest absolute Gasteiger partial charge is 0.349 e. The van der Waals surface area contributed by atoms with Crippen molar-refractivity contribution in [3.05, 3.63) is 59.2 Å². The van der Waals surface area contributed by atoms with Crippen LogP contribution >= 0.6 is 0 Å². The Morgan fingerprint density at radius 1 is 1.22 bits per heavy atom. The molecule has 2 aromatic carbocycles. The number of carbonyl (C=O) groups excluding carboxylic acids is 1. The van der Waals surface area contributed by atoms with Crippen molar-refractivity contribution in [3.63, 3.8) is 0 Å². The zero-order valence-electron chi connectivity index (χ0n) is 13.5. The zero-order valence-corrected chi connectivity index (χ0v) is 13.5. The second kappa shape index (κ2) is 7.46. The average Bonchev–Trinajstić information content (AvgIpc) is 2.53. The zero-order chi connectivity index (χ0) is 16.8. The van der Waals surface area contributed by atoms with E-state index in [1.54, 1.807) is 30.3 Å². The van der Waals surface area contributed by atoms with Crippen LogP contribution in [-0.2, 0) is 4.79 Å². The Morgan fingerprint density at radius 2 is 1.96 bits per heavy atom. The van der Waals surface area contributed by atoms with Crippen LogP contribution in [0.4, 0.5) is 0 Å². The molecule has 2 aromatic rings. The van der Waals surface area contributed by atoms with Crippen molar-refractivity contribution >= 4 is 5.97 Å². The molecule has 2 rings (SSSR count). The number of rotatable bonds is 5. The van der Waals surface area contributed by atoms with E-state index < -0.39 is 5.97 Å². The van der Waals surface area contributed by atoms with Gasteiger partial charge in [0.15, 0.2) is 6.61 Å². The standard InChI is InChI=1S/C19H19NO3/c1-13(2)17-9-8-16(10-14(17)3)23-19(21)12-22-18-7-5-4-6-15(18)11-20/h4-10,13H,12H2,1-3H3. The fraction of sp³-hybridized carbons (Fsp3) is 0.263. The molecule has 23 heavy (non-hydrogen) atoms. The molecule has 0 heterocycles. The van der Waals surface area contributed by atoms with Crippen LogP contribution < -0.4 is 9.47 Å². The molecule has 0 saturated carbocycles. The Hall–Kier alpha value is -2.80. The minimum absolute atomic E-state index is 0.246. The summed E-state index contributed by atoms with van der Waals surface area (Å²) in [5.41, 5.74) is 2.70. The summed E-state index contributed by atoms with van der Waals surface area (Å²) in [4.78, 5) is 11.9. The predicted octanol–water partition coefficient (Wildman–Crippen LogP) is 3.97. The molecular formula is C19H19NO3. The number of benzene rings is 2. The highest BCUT2D eigenvalue weighted by Crippen LogP contribution is 2.23. The monoisotopic (exact) mass is 309 g/mol. The maximum atomic E-state index is 11.9. The first kappa shape index (κ1) is 16.6. The van der Waals surface area contributed by atoms with Crippen molar-refractivity contribution in [1.29, 1.82) is 5.26 Å². The van der Waals surface area contributed by atoms with Gasteiger partial charge in [-0.3, -0.25) is 0 Å². The van der Waals surface area contributed by atoms with E-state index >= 15 is 0 Å². The Balaban J connectivity index is 1.98. The van der Waals surface area contributed by atoms with Crippen LogP contribution in [0.3, 0.4) is 0 Å². The Labute approximate surface area is 136 Å². The Kier molecular flexibility index (Phi) is 5.37. The van der Waals surface area contributed by atoms with Gasteiger partial charge in [-0.25, -0.2) is 4.79 Å². The molecule has 118 valence electrons. The van der Waals surface area contributed by atoms with Gasteiger partial charge in [0.1, 0.15) is 17.6 Å². The van der Waals surface area contributed by atoms with E-state index in [9.17, 15) is 4.79 Å². The summed E-state index contributed by atoms with van der Waals surface area (Å²) in [5, 5.41) is 8.97. The van der Waals surface area contributed by atoms with E-state index in [2.05, 4.69) is 13.8 Å². The maximum Gasteiger partial charge on any atom is 0.349 e. The third-order valence-corrected chi connectivity index (χ3v) is 3.45. The molecular weight excluding hydrogens is 290 g/mol. The lowest BCUT2D eigenvalue weighted by Crippen LogP contribution is -2.18. The van der Waals surface area contributed by atoms with Crippen molar-refractivity contribution in [3.8, 4) is 17.6 Å². The summed E-state index contributed by atoms with van der Waals surface area (Å²) in [5.74, 6) is 0.785. The first-order valence-electron chi connectivity index (χ1n) is 7.44. The second-order valence-electron chi connectivity index (χ2n) is 5.54. The summed E-state index contributed by atoms with van der Waals surface area (Å²) in [6, 6.07) is 14.4. The number of aryl methyl sites for hydroxylation is 1. The quantitative estimate of drug-likeness (QED) is 0.619. The van der Waals surface area contributed by atoms with Crippen LogP contribution in [0.5, 0.6) is 11.5 Å². The van der Waals surface area contributed by atoms with Crippen LogP contribution in [0.2, 0.25) is 0 Å². The first-order valence-corrected chi connectivity index (χ1v) is 7.44. The molecule has 0 aliphatic rings. The van der Waals surface area contributed by atoms with Crippen LogP contribution in [0.15, 0.2) is 42.5 Å². The number of nitrogens with zero attached hydrogens (tertiary/aromatic N) is 1. The van der Waals surface area contributed by atoms with Gasteiger partial charge in [0.2, 0.25) is 0 Å². The minimum Gasteiger partial charge on any atom is -0.481 e. The van der Waals surface area contributed by atoms with Gasteiger partial charge >= 0.3 is 5.97 Å². The molecule has 0 aromatic heterocycles. The molecule has 0 saturated heterocycles. The molecule has 0 N–H and O–H groups in total. The number of carbonyl (C=O) groups is 1. The highest BCUT2D eigenvalue weighted by atomic mass is 16.6. The van der Waals surface area contributed by atoms with Crippen LogP contribution in [-0.4, -0.2) is 12.6 Å². The van der Waals surface area contributed by atoms with E-state index in [0.717, 1.165) is 5.56 Å². The number of esters is 1. The molecule has 0 bridgehead atoms. The molecule has 4 heteroatoms. The largest absolute Gasteiger partial charge is 0.481 e. The maximum absolute atomic E-state index is 11.9. The predicted molar refractivity (Wildman–Crippen MR) is 87.6 cm³/mol. The Bertz CT molecular complexity index is 745. The molecule has 0 atom stereocenters. The van der Waals surface area contributed by atoms with Gasteiger partial charge in [0.25, 0.3) is 0 Å². The lowest BCUT2D eigenvalue weighted by Gasteiger charge is -2.12. The van der Waals surface area contributed by atoms with Gasteiger partial charge in [-0.2, -0.15) is 5.26 Å². The first-order chi connectivity index (χ1) is 11.0. The van der Waals surface area contributed by atoms with E-state index in [-0.39, 0.29) is 6.61 Å². The van der Waals surface area contributed by atoms with Crippen LogP contribution in [0.25, 0.3) is 0 Å². The molecule has 0 fully saturated rings. The number of hydrogen-bond acceptors (Lipinski definition) is 4. The molecule has 0 amide bonds. The summed E-state index contributed by atoms with van der Waals surface area (Å²) >= 11 is 0. The van der Waals surface area contributed by atoms with Gasteiger partial charge in [0, 0.05) is 0 Å². The van der Waals surface area contributed by atoms with Gasteiger partial charge < -0.3 is 9.47 Å². The van der Waals surface area contributed by atoms with Crippen molar-refractivity contribution < 1.29 is 14.3 Å². The Morgan fingerprint density at radius 3 is 2.61 bits per heavy atom. The average molecular weight is 309 g/mol. The van der Waals surface area contributed by atoms with E-state index in [1.165, 1.54) is 5.56 Å². The highest BCUT2D eigenvalue weighted by molar-refractivity contribution is 5.74. The van der Waals surface area contributed by atoms with E-state index in [1.807, 2.05) is 25.1 Å². The third kappa shape index (κ3) is 4.33. The van der Waals surface area contributed by atoms with Crippen LogP contribution in [0, 0.1) is 18.3 Å². The number of nitriles is 1. The second-order valence-corrected chi connectivity index (χ2v) is 5.54. The lowest BCUT2D eigenvalue weighted by atomic mass is 9.98. The SMILES string of the molecule is Cc1cc(OC(=O)COc2ccccc2C#N)ccc1C(C)C. The fourth-order valence-corrected chi connectivity index (χ4v) is 2.34. The van der Waals surface area contributed by atoms with Gasteiger partial charge in [0.05, 0.1) is 5.56 Å². The summed E-state index contributed by atoms with van der Waals surface area (Å²) in [7, 11) is 0. The van der Waals surface area contributed by atoms with Crippen LogP contribution in [0.1, 0.15) is 36.5 Å². The van der Waals surface area contributed by atoms with E-state index in [0.29, 0.717) is 23.0 Å². The summed E-state index contributed by atoms with van der Waals surface area (Å²) in [6.07, 6.45) is 0. The highest BCUT2D eigenvalue weighted by Gasteiger charge is 2.10. The van der Waals surface area contributed by atoms with Gasteiger partial charge in [-0.1, -0.05) is 32.0 Å². The van der Waals surface area contributed by atoms with Crippen molar-refractivity contribution in [2.75, 3.05) is 6.61 Å². The van der Waals surface area contributed by atoms with Gasteiger partial charge in [-0.15, -0.1) is 0 Å². The lowest BCUT2D eigenvalue weighted by molar-refractivity contribution is -0.136. The van der Waals surface area contributed by atoms with Crippen molar-refractivity contribution in [1.82, 2.24) is 0 Å². The van der Waals surface area contributed by atoms with Crippen molar-refractivity contribution in [2.24, 2.45) is 0 Å².